The molecule has 2 aliphatic rings. The summed E-state index contributed by atoms with van der Waals surface area (Å²) in [5.41, 5.74) is 6.80. The molecule has 5 rings (SSSR count). The molecule has 0 unspecified atom stereocenters. The molecule has 1 aliphatic heterocycles. The van der Waals surface area contributed by atoms with Crippen molar-refractivity contribution in [3.63, 3.8) is 0 Å². The van der Waals surface area contributed by atoms with Gasteiger partial charge >= 0.3 is 0 Å². The third-order valence-electron chi connectivity index (χ3n) is 6.17. The van der Waals surface area contributed by atoms with Crippen molar-refractivity contribution in [3.05, 3.63) is 87.9 Å². The van der Waals surface area contributed by atoms with Crippen LogP contribution in [0.4, 0.5) is 0 Å². The van der Waals surface area contributed by atoms with E-state index in [4.69, 9.17) is 9.84 Å². The molecule has 0 aromatic heterocycles. The standard InChI is InChI=1S/C25H24BrN3O/c1-30-24-11-10-18(16-23(24)26)17-27-29-14-12-28(13-15-29)25-21-8-4-2-6-19(21)20-7-3-5-9-22(20)25/h2-11,16-17,25H,12-15H2,1H3/p+1/b27-17-. The first-order valence-corrected chi connectivity index (χ1v) is 11.2. The van der Waals surface area contributed by atoms with Gasteiger partial charge in [0.1, 0.15) is 11.8 Å². The molecule has 1 aliphatic carbocycles. The third-order valence-corrected chi connectivity index (χ3v) is 6.79. The fourth-order valence-corrected chi connectivity index (χ4v) is 5.25. The summed E-state index contributed by atoms with van der Waals surface area (Å²) in [7, 11) is 1.68. The van der Waals surface area contributed by atoms with Crippen LogP contribution in [0.3, 0.4) is 0 Å². The zero-order valence-electron chi connectivity index (χ0n) is 17.0. The number of rotatable bonds is 4. The Kier molecular flexibility index (Phi) is 5.32. The molecule has 0 spiro atoms. The molecule has 0 bridgehead atoms. The molecule has 0 saturated carbocycles. The number of halogens is 1. The molecule has 5 heteroatoms. The van der Waals surface area contributed by atoms with E-state index in [1.807, 2.05) is 24.4 Å². The lowest BCUT2D eigenvalue weighted by molar-refractivity contribution is -0.929. The van der Waals surface area contributed by atoms with Crippen molar-refractivity contribution < 1.29 is 9.64 Å². The van der Waals surface area contributed by atoms with E-state index in [-0.39, 0.29) is 0 Å². The van der Waals surface area contributed by atoms with Crippen LogP contribution in [-0.2, 0) is 0 Å². The van der Waals surface area contributed by atoms with Crippen LogP contribution >= 0.6 is 15.9 Å². The largest absolute Gasteiger partial charge is 0.496 e. The monoisotopic (exact) mass is 462 g/mol. The van der Waals surface area contributed by atoms with Gasteiger partial charge in [-0.3, -0.25) is 5.01 Å². The number of hydrogen-bond donors (Lipinski definition) is 1. The fourth-order valence-electron chi connectivity index (χ4n) is 4.69. The van der Waals surface area contributed by atoms with Gasteiger partial charge in [-0.25, -0.2) is 0 Å². The second kappa shape index (κ2) is 8.25. The lowest BCUT2D eigenvalue weighted by atomic mass is 10.0. The number of nitrogens with zero attached hydrogens (tertiary/aromatic N) is 2. The van der Waals surface area contributed by atoms with Crippen LogP contribution in [0.1, 0.15) is 22.7 Å². The van der Waals surface area contributed by atoms with Crippen LogP contribution in [0.25, 0.3) is 11.1 Å². The van der Waals surface area contributed by atoms with E-state index in [1.54, 1.807) is 12.0 Å². The lowest BCUT2D eigenvalue weighted by Crippen LogP contribution is -3.14. The van der Waals surface area contributed by atoms with E-state index >= 15 is 0 Å². The zero-order chi connectivity index (χ0) is 20.5. The predicted molar refractivity (Wildman–Crippen MR) is 124 cm³/mol. The summed E-state index contributed by atoms with van der Waals surface area (Å²) in [6.07, 6.45) is 1.94. The Hall–Kier alpha value is -2.63. The van der Waals surface area contributed by atoms with E-state index < -0.39 is 0 Å². The van der Waals surface area contributed by atoms with E-state index in [0.717, 1.165) is 42.0 Å². The second-order valence-corrected chi connectivity index (χ2v) is 8.71. The summed E-state index contributed by atoms with van der Waals surface area (Å²) in [5, 5.41) is 6.92. The summed E-state index contributed by atoms with van der Waals surface area (Å²) < 4.78 is 6.25. The average molecular weight is 463 g/mol. The molecule has 0 amide bonds. The van der Waals surface area contributed by atoms with Crippen molar-refractivity contribution in [2.45, 2.75) is 6.04 Å². The molecule has 3 aromatic carbocycles. The predicted octanol–water partition coefficient (Wildman–Crippen LogP) is 3.76. The second-order valence-electron chi connectivity index (χ2n) is 7.86. The Morgan fingerprint density at radius 3 is 2.20 bits per heavy atom. The highest BCUT2D eigenvalue weighted by atomic mass is 79.9. The highest BCUT2D eigenvalue weighted by Crippen LogP contribution is 2.41. The Morgan fingerprint density at radius 2 is 1.60 bits per heavy atom. The number of methoxy groups -OCH3 is 1. The van der Waals surface area contributed by atoms with Crippen molar-refractivity contribution in [2.24, 2.45) is 5.10 Å². The Labute approximate surface area is 185 Å². The number of hydrogen-bond acceptors (Lipinski definition) is 3. The van der Waals surface area contributed by atoms with Gasteiger partial charge in [0.15, 0.2) is 0 Å². The van der Waals surface area contributed by atoms with Gasteiger partial charge in [0.2, 0.25) is 0 Å². The maximum Gasteiger partial charge on any atom is 0.140 e. The average Bonchev–Trinajstić information content (AvgIpc) is 3.13. The minimum Gasteiger partial charge on any atom is -0.496 e. The normalized spacial score (nSPS) is 16.7. The number of quaternary nitrogens is 1. The number of nitrogens with one attached hydrogen (secondary N) is 1. The van der Waals surface area contributed by atoms with Crippen LogP contribution in [0.15, 0.2) is 76.3 Å². The highest BCUT2D eigenvalue weighted by Gasteiger charge is 2.37. The van der Waals surface area contributed by atoms with Gasteiger partial charge in [0, 0.05) is 11.1 Å². The maximum absolute atomic E-state index is 5.30. The molecule has 1 heterocycles. The first kappa shape index (κ1) is 19.3. The van der Waals surface area contributed by atoms with Crippen molar-refractivity contribution in [1.29, 1.82) is 0 Å². The minimum absolute atomic E-state index is 0.432. The molecule has 0 atom stereocenters. The molecule has 30 heavy (non-hydrogen) atoms. The molecular formula is C25H25BrN3O+. The first-order valence-electron chi connectivity index (χ1n) is 10.4. The number of benzene rings is 3. The van der Waals surface area contributed by atoms with E-state index in [0.29, 0.717) is 6.04 Å². The quantitative estimate of drug-likeness (QED) is 0.598. The van der Waals surface area contributed by atoms with Gasteiger partial charge in [-0.2, -0.15) is 5.10 Å². The van der Waals surface area contributed by atoms with Crippen molar-refractivity contribution in [3.8, 4) is 16.9 Å². The molecule has 3 aromatic rings. The molecule has 4 nitrogen and oxygen atoms in total. The van der Waals surface area contributed by atoms with Crippen LogP contribution < -0.4 is 9.64 Å². The Morgan fingerprint density at radius 1 is 0.967 bits per heavy atom. The third kappa shape index (κ3) is 3.53. The van der Waals surface area contributed by atoms with Gasteiger partial charge in [-0.15, -0.1) is 0 Å². The molecule has 1 saturated heterocycles. The first-order chi connectivity index (χ1) is 14.7. The number of piperazine rings is 1. The van der Waals surface area contributed by atoms with Gasteiger partial charge in [0.25, 0.3) is 0 Å². The van der Waals surface area contributed by atoms with Crippen molar-refractivity contribution >= 4 is 22.1 Å². The Bertz CT molecular complexity index is 1040. The number of fused-ring (bicyclic) bond motifs is 3. The van der Waals surface area contributed by atoms with Gasteiger partial charge in [-0.05, 0) is 50.8 Å². The van der Waals surface area contributed by atoms with Gasteiger partial charge in [0.05, 0.1) is 44.0 Å². The van der Waals surface area contributed by atoms with Crippen molar-refractivity contribution in [2.75, 3.05) is 33.3 Å². The molecule has 152 valence electrons. The van der Waals surface area contributed by atoms with E-state index in [2.05, 4.69) is 69.5 Å². The SMILES string of the molecule is COc1ccc(/C=N\N2CC[NH+](C3c4ccccc4-c4ccccc43)CC2)cc1Br. The van der Waals surface area contributed by atoms with Crippen LogP contribution in [-0.4, -0.2) is 44.5 Å². The van der Waals surface area contributed by atoms with E-state index in [9.17, 15) is 0 Å². The molecule has 1 fully saturated rings. The summed E-state index contributed by atoms with van der Waals surface area (Å²) in [4.78, 5) is 1.63. The van der Waals surface area contributed by atoms with Crippen LogP contribution in [0.5, 0.6) is 5.75 Å². The van der Waals surface area contributed by atoms with Crippen LogP contribution in [0.2, 0.25) is 0 Å². The molecule has 1 N–H and O–H groups in total. The van der Waals surface area contributed by atoms with Gasteiger partial charge < -0.3 is 9.64 Å². The zero-order valence-corrected chi connectivity index (χ0v) is 18.6. The van der Waals surface area contributed by atoms with Crippen molar-refractivity contribution in [1.82, 2.24) is 5.01 Å². The number of hydrazone groups is 1. The lowest BCUT2D eigenvalue weighted by Gasteiger charge is -2.34. The Balaban J connectivity index is 1.29. The number of ether oxygens (including phenoxy) is 1. The molecule has 0 radical (unpaired) electrons. The summed E-state index contributed by atoms with van der Waals surface area (Å²) in [6, 6.07) is 24.2. The summed E-state index contributed by atoms with van der Waals surface area (Å²) >= 11 is 3.54. The molecular weight excluding hydrogens is 438 g/mol. The topological polar surface area (TPSA) is 29.3 Å². The maximum atomic E-state index is 5.30. The highest BCUT2D eigenvalue weighted by molar-refractivity contribution is 9.10. The summed E-state index contributed by atoms with van der Waals surface area (Å²) in [6.45, 7) is 4.09. The smallest absolute Gasteiger partial charge is 0.140 e. The van der Waals surface area contributed by atoms with Crippen LogP contribution in [0, 0.1) is 0 Å². The summed E-state index contributed by atoms with van der Waals surface area (Å²) in [5.74, 6) is 0.835. The fraction of sp³-hybridized carbons (Fsp3) is 0.240. The van der Waals surface area contributed by atoms with E-state index in [1.165, 1.54) is 22.3 Å². The van der Waals surface area contributed by atoms with Gasteiger partial charge in [-0.1, -0.05) is 48.5 Å². The minimum atomic E-state index is 0.432.